The van der Waals surface area contributed by atoms with E-state index in [2.05, 4.69) is 109 Å². The van der Waals surface area contributed by atoms with E-state index in [9.17, 15) is 0 Å². The Labute approximate surface area is 347 Å². The van der Waals surface area contributed by atoms with Crippen LogP contribution in [-0.2, 0) is 0 Å². The fourth-order valence-corrected chi connectivity index (χ4v) is 11.3. The van der Waals surface area contributed by atoms with Crippen LogP contribution in [0.15, 0.2) is 148 Å². The van der Waals surface area contributed by atoms with Crippen LogP contribution in [0.3, 0.4) is 0 Å². The van der Waals surface area contributed by atoms with Gasteiger partial charge in [0, 0.05) is 41.2 Å². The summed E-state index contributed by atoms with van der Waals surface area (Å²) in [6.45, 7) is 0. The van der Waals surface area contributed by atoms with Gasteiger partial charge in [-0.1, -0.05) is 128 Å². The molecule has 8 aliphatic carbocycles. The molecule has 0 amide bonds. The molecule has 58 heavy (non-hydrogen) atoms. The monoisotopic (exact) mass is 764 g/mol. The Kier molecular flexibility index (Phi) is 11.2. The maximum atomic E-state index is 5.45. The number of nitrogens with zero attached hydrogens (tertiary/aromatic N) is 4. The van der Waals surface area contributed by atoms with Gasteiger partial charge in [0.25, 0.3) is 0 Å². The molecule has 1 aromatic heterocycles. The summed E-state index contributed by atoms with van der Waals surface area (Å²) in [5, 5.41) is 0. The molecule has 0 aromatic carbocycles. The zero-order chi connectivity index (χ0) is 38.7. The largest absolute Gasteiger partial charge is 0.265 e. The summed E-state index contributed by atoms with van der Waals surface area (Å²) in [4.78, 5) is 21.2. The Morgan fingerprint density at radius 3 is 2.16 bits per heavy atom. The first-order valence-electron chi connectivity index (χ1n) is 23.0. The van der Waals surface area contributed by atoms with Crippen LogP contribution in [0.2, 0.25) is 0 Å². The van der Waals surface area contributed by atoms with Gasteiger partial charge in [-0.05, 0) is 142 Å². The molecule has 2 heterocycles. The van der Waals surface area contributed by atoms with Crippen molar-refractivity contribution < 1.29 is 0 Å². The quantitative estimate of drug-likeness (QED) is 0.265. The van der Waals surface area contributed by atoms with Gasteiger partial charge in [0.2, 0.25) is 0 Å². The second-order valence-electron chi connectivity index (χ2n) is 18.2. The average Bonchev–Trinajstić information content (AvgIpc) is 3.32. The van der Waals surface area contributed by atoms with Crippen LogP contribution in [-0.4, -0.2) is 20.7 Å². The summed E-state index contributed by atoms with van der Waals surface area (Å²) >= 11 is 0. The molecule has 5 atom stereocenters. The highest BCUT2D eigenvalue weighted by atomic mass is 15.0. The molecule has 9 aliphatic rings. The first-order chi connectivity index (χ1) is 28.7. The van der Waals surface area contributed by atoms with Crippen molar-refractivity contribution in [2.24, 2.45) is 34.6 Å². The van der Waals surface area contributed by atoms with Gasteiger partial charge in [-0.2, -0.15) is 0 Å². The molecular formula is C54H60N4. The molecule has 296 valence electrons. The SMILES string of the molecule is C1=CCC(C2=CCC(c3nc(C4=CCC(C5=CCCC=C5)C=C4)nc(C4=CC=C(C5=CN=C(C6CCCCC6)C(C6CCCC7=C6C=CCC7)C5)CC4)n3)C=C2)C=C1. The Morgan fingerprint density at radius 1 is 0.534 bits per heavy atom. The number of hydrogen-bond acceptors (Lipinski definition) is 4. The van der Waals surface area contributed by atoms with E-state index >= 15 is 0 Å². The van der Waals surface area contributed by atoms with Gasteiger partial charge < -0.3 is 0 Å². The van der Waals surface area contributed by atoms with E-state index in [0.717, 1.165) is 74.4 Å². The molecule has 1 saturated carbocycles. The Balaban J connectivity index is 0.938. The Bertz CT molecular complexity index is 2230. The van der Waals surface area contributed by atoms with Gasteiger partial charge >= 0.3 is 0 Å². The van der Waals surface area contributed by atoms with E-state index in [1.807, 2.05) is 0 Å². The van der Waals surface area contributed by atoms with Crippen molar-refractivity contribution in [3.05, 3.63) is 160 Å². The second-order valence-corrected chi connectivity index (χ2v) is 18.2. The second kappa shape index (κ2) is 17.3. The molecule has 4 nitrogen and oxygen atoms in total. The summed E-state index contributed by atoms with van der Waals surface area (Å²) < 4.78 is 0. The summed E-state index contributed by atoms with van der Waals surface area (Å²) in [6.07, 6.45) is 63.4. The Hall–Kier alpha value is -4.70. The zero-order valence-electron chi connectivity index (χ0n) is 34.4. The van der Waals surface area contributed by atoms with Crippen molar-refractivity contribution in [2.75, 3.05) is 0 Å². The third-order valence-corrected chi connectivity index (χ3v) is 14.6. The standard InChI is InChI=1S/C54H60N4/c1-4-13-37(14-5-1)39-23-29-44(30-24-39)52-56-53(45-31-25-40(26-32-45)38-15-6-2-7-16-38)58-54(57-52)46-33-27-41(28-34-46)47-35-50(51(55-36-47)43-18-8-3-9-19-43)49-22-12-20-42-17-10-11-21-48(42)49/h1,4-6,11,13,15-16,21,23-25,27,29,31-33,36-37,40,43-44,49-50H,2-3,7-10,12,14,17-20,22,26,28,30,34-35H2. The molecule has 1 aliphatic heterocycles. The fraction of sp³-hybridized carbons (Fsp3) is 0.444. The maximum Gasteiger partial charge on any atom is 0.163 e. The Morgan fingerprint density at radius 2 is 1.36 bits per heavy atom. The minimum atomic E-state index is 0.135. The van der Waals surface area contributed by atoms with Crippen LogP contribution >= 0.6 is 0 Å². The number of hydrogen-bond donors (Lipinski definition) is 0. The van der Waals surface area contributed by atoms with Crippen molar-refractivity contribution in [1.82, 2.24) is 15.0 Å². The molecule has 1 aromatic rings. The van der Waals surface area contributed by atoms with Crippen molar-refractivity contribution in [3.63, 3.8) is 0 Å². The lowest BCUT2D eigenvalue weighted by Crippen LogP contribution is -2.35. The molecule has 0 N–H and O–H groups in total. The van der Waals surface area contributed by atoms with Gasteiger partial charge in [0.05, 0.1) is 0 Å². The molecule has 1 fully saturated rings. The van der Waals surface area contributed by atoms with E-state index < -0.39 is 0 Å². The van der Waals surface area contributed by atoms with E-state index in [-0.39, 0.29) is 5.92 Å². The van der Waals surface area contributed by atoms with Gasteiger partial charge in [-0.15, -0.1) is 0 Å². The lowest BCUT2D eigenvalue weighted by molar-refractivity contribution is 0.369. The number of rotatable bonds is 8. The molecule has 10 rings (SSSR count). The molecule has 5 unspecified atom stereocenters. The summed E-state index contributed by atoms with van der Waals surface area (Å²) in [7, 11) is 0. The smallest absolute Gasteiger partial charge is 0.163 e. The van der Waals surface area contributed by atoms with Crippen LogP contribution in [0.5, 0.6) is 0 Å². The van der Waals surface area contributed by atoms with Crippen LogP contribution in [0.1, 0.15) is 139 Å². The average molecular weight is 765 g/mol. The van der Waals surface area contributed by atoms with E-state index in [1.165, 1.54) is 97.8 Å². The first-order valence-corrected chi connectivity index (χ1v) is 23.0. The third-order valence-electron chi connectivity index (χ3n) is 14.6. The summed E-state index contributed by atoms with van der Waals surface area (Å²) in [6, 6.07) is 0. The summed E-state index contributed by atoms with van der Waals surface area (Å²) in [5.74, 6) is 5.36. The van der Waals surface area contributed by atoms with Gasteiger partial charge in [0.1, 0.15) is 5.82 Å². The van der Waals surface area contributed by atoms with Crippen LogP contribution < -0.4 is 0 Å². The van der Waals surface area contributed by atoms with Gasteiger partial charge in [0.15, 0.2) is 11.6 Å². The van der Waals surface area contributed by atoms with Crippen LogP contribution in [0.25, 0.3) is 11.1 Å². The van der Waals surface area contributed by atoms with Crippen LogP contribution in [0, 0.1) is 29.6 Å². The minimum absolute atomic E-state index is 0.135. The zero-order valence-corrected chi connectivity index (χ0v) is 34.4. The van der Waals surface area contributed by atoms with Gasteiger partial charge in [-0.25, -0.2) is 15.0 Å². The molecule has 0 bridgehead atoms. The molecular weight excluding hydrogens is 705 g/mol. The lowest BCUT2D eigenvalue weighted by Gasteiger charge is -2.40. The molecule has 0 saturated heterocycles. The highest BCUT2D eigenvalue weighted by molar-refractivity contribution is 5.91. The fourth-order valence-electron chi connectivity index (χ4n) is 11.3. The van der Waals surface area contributed by atoms with E-state index in [4.69, 9.17) is 19.9 Å². The van der Waals surface area contributed by atoms with Crippen molar-refractivity contribution in [2.45, 2.75) is 121 Å². The predicted octanol–water partition coefficient (Wildman–Crippen LogP) is 13.7. The topological polar surface area (TPSA) is 51.0 Å². The van der Waals surface area contributed by atoms with Crippen molar-refractivity contribution >= 4 is 16.9 Å². The number of allylic oxidation sites excluding steroid dienone is 25. The van der Waals surface area contributed by atoms with E-state index in [0.29, 0.717) is 29.6 Å². The number of aromatic nitrogens is 3. The molecule has 0 radical (unpaired) electrons. The molecule has 0 spiro atoms. The maximum absolute atomic E-state index is 5.45. The van der Waals surface area contributed by atoms with Crippen molar-refractivity contribution in [3.8, 4) is 0 Å². The highest BCUT2D eigenvalue weighted by Gasteiger charge is 2.38. The number of aliphatic imine (C=N–C) groups is 1. The third kappa shape index (κ3) is 8.01. The predicted molar refractivity (Wildman–Crippen MR) is 241 cm³/mol. The first kappa shape index (κ1) is 37.6. The minimum Gasteiger partial charge on any atom is -0.265 e. The van der Waals surface area contributed by atoms with Gasteiger partial charge in [-0.3, -0.25) is 4.99 Å². The van der Waals surface area contributed by atoms with E-state index in [1.54, 1.807) is 11.1 Å². The summed E-state index contributed by atoms with van der Waals surface area (Å²) in [5.41, 5.74) is 13.0. The lowest BCUT2D eigenvalue weighted by atomic mass is 9.66. The van der Waals surface area contributed by atoms with Crippen LogP contribution in [0.4, 0.5) is 0 Å². The highest BCUT2D eigenvalue weighted by Crippen LogP contribution is 2.47. The normalized spacial score (nSPS) is 29.9. The molecule has 4 heteroatoms. The van der Waals surface area contributed by atoms with Crippen molar-refractivity contribution in [1.29, 1.82) is 0 Å².